The van der Waals surface area contributed by atoms with Gasteiger partial charge in [0.2, 0.25) is 0 Å². The molecule has 6 nitrogen and oxygen atoms in total. The van der Waals surface area contributed by atoms with Gasteiger partial charge < -0.3 is 18.6 Å². The average Bonchev–Trinajstić information content (AvgIpc) is 2.71. The Kier molecular flexibility index (Phi) is 6.11. The van der Waals surface area contributed by atoms with Crippen LogP contribution in [0.4, 0.5) is 0 Å². The summed E-state index contributed by atoms with van der Waals surface area (Å²) in [5.41, 5.74) is 1.27. The largest absolute Gasteiger partial charge is 0.497 e. The topological polar surface area (TPSA) is 75.0 Å². The maximum absolute atomic E-state index is 12.0. The summed E-state index contributed by atoms with van der Waals surface area (Å²) in [7, 11) is 1.53. The molecule has 0 amide bonds. The third-order valence-corrected chi connectivity index (χ3v) is 4.01. The van der Waals surface area contributed by atoms with Gasteiger partial charge in [-0.3, -0.25) is 0 Å². The molecule has 0 saturated heterocycles. The Hall–Kier alpha value is -3.54. The van der Waals surface area contributed by atoms with Crippen molar-refractivity contribution in [2.75, 3.05) is 13.7 Å². The van der Waals surface area contributed by atoms with E-state index in [0.29, 0.717) is 28.9 Å². The maximum atomic E-state index is 12.0. The normalized spacial score (nSPS) is 10.9. The second kappa shape index (κ2) is 8.90. The molecule has 1 aromatic heterocycles. The molecule has 3 rings (SSSR count). The minimum Gasteiger partial charge on any atom is -0.497 e. The lowest BCUT2D eigenvalue weighted by Gasteiger charge is -2.07. The van der Waals surface area contributed by atoms with Crippen LogP contribution in [0, 0.1) is 0 Å². The van der Waals surface area contributed by atoms with Crippen molar-refractivity contribution in [3.63, 3.8) is 0 Å². The first-order valence-electron chi connectivity index (χ1n) is 8.77. The number of rotatable bonds is 7. The number of carbonyl (C=O) groups is 1. The van der Waals surface area contributed by atoms with E-state index in [4.69, 9.17) is 18.6 Å². The predicted octanol–water partition coefficient (Wildman–Crippen LogP) is 3.96. The standard InChI is InChI=1S/C22H20O6/c1-3-26-17-7-4-15(5-8-17)6-11-21(23)27-14-16-12-22(24)28-20-13-18(25-2)9-10-19(16)20/h4-13H,3,14H2,1-2H3/b11-6+. The Morgan fingerprint density at radius 3 is 2.54 bits per heavy atom. The molecule has 0 unspecified atom stereocenters. The molecule has 0 atom stereocenters. The van der Waals surface area contributed by atoms with Gasteiger partial charge >= 0.3 is 11.6 Å². The van der Waals surface area contributed by atoms with Crippen molar-refractivity contribution in [2.24, 2.45) is 0 Å². The third-order valence-electron chi connectivity index (χ3n) is 4.01. The van der Waals surface area contributed by atoms with Gasteiger partial charge in [-0.2, -0.15) is 0 Å². The SMILES string of the molecule is CCOc1ccc(/C=C/C(=O)OCc2cc(=O)oc3cc(OC)ccc23)cc1. The molecule has 2 aromatic carbocycles. The van der Waals surface area contributed by atoms with Gasteiger partial charge in [-0.05, 0) is 42.8 Å². The summed E-state index contributed by atoms with van der Waals surface area (Å²) in [6.45, 7) is 2.47. The van der Waals surface area contributed by atoms with Crippen molar-refractivity contribution < 1.29 is 23.4 Å². The van der Waals surface area contributed by atoms with Crippen molar-refractivity contribution in [3.8, 4) is 11.5 Å². The fourth-order valence-corrected chi connectivity index (χ4v) is 2.66. The average molecular weight is 380 g/mol. The third kappa shape index (κ3) is 4.79. The van der Waals surface area contributed by atoms with Crippen molar-refractivity contribution >= 4 is 23.0 Å². The summed E-state index contributed by atoms with van der Waals surface area (Å²) < 4.78 is 21.0. The van der Waals surface area contributed by atoms with Crippen LogP contribution in [0.1, 0.15) is 18.1 Å². The molecule has 0 N–H and O–H groups in total. The lowest BCUT2D eigenvalue weighted by atomic mass is 10.1. The highest BCUT2D eigenvalue weighted by Crippen LogP contribution is 2.23. The van der Waals surface area contributed by atoms with E-state index >= 15 is 0 Å². The molecule has 3 aromatic rings. The number of esters is 1. The van der Waals surface area contributed by atoms with Crippen LogP contribution in [-0.2, 0) is 16.1 Å². The van der Waals surface area contributed by atoms with E-state index in [1.165, 1.54) is 19.3 Å². The predicted molar refractivity (Wildman–Crippen MR) is 105 cm³/mol. The van der Waals surface area contributed by atoms with E-state index in [1.54, 1.807) is 24.3 Å². The van der Waals surface area contributed by atoms with E-state index in [1.807, 2.05) is 31.2 Å². The molecule has 0 spiro atoms. The van der Waals surface area contributed by atoms with Crippen LogP contribution in [0.3, 0.4) is 0 Å². The molecule has 0 aliphatic heterocycles. The highest BCUT2D eigenvalue weighted by atomic mass is 16.5. The van der Waals surface area contributed by atoms with Crippen LogP contribution in [-0.4, -0.2) is 19.7 Å². The van der Waals surface area contributed by atoms with E-state index in [-0.39, 0.29) is 6.61 Å². The van der Waals surface area contributed by atoms with Crippen LogP contribution in [0.2, 0.25) is 0 Å². The Labute approximate surface area is 162 Å². The molecule has 0 fully saturated rings. The first-order chi connectivity index (χ1) is 13.6. The van der Waals surface area contributed by atoms with Crippen LogP contribution >= 0.6 is 0 Å². The summed E-state index contributed by atoms with van der Waals surface area (Å²) in [5, 5.41) is 0.684. The van der Waals surface area contributed by atoms with Gasteiger partial charge in [0, 0.05) is 29.2 Å². The lowest BCUT2D eigenvalue weighted by molar-refractivity contribution is -0.138. The van der Waals surface area contributed by atoms with E-state index in [2.05, 4.69) is 0 Å². The summed E-state index contributed by atoms with van der Waals surface area (Å²) in [4.78, 5) is 23.8. The molecule has 0 saturated carbocycles. The molecular weight excluding hydrogens is 360 g/mol. The number of ether oxygens (including phenoxy) is 3. The molecular formula is C22H20O6. The fraction of sp³-hybridized carbons (Fsp3) is 0.182. The van der Waals surface area contributed by atoms with Crippen LogP contribution in [0.25, 0.3) is 17.0 Å². The lowest BCUT2D eigenvalue weighted by Crippen LogP contribution is -2.05. The van der Waals surface area contributed by atoms with E-state index in [0.717, 1.165) is 11.3 Å². The van der Waals surface area contributed by atoms with Crippen LogP contribution in [0.5, 0.6) is 11.5 Å². The van der Waals surface area contributed by atoms with E-state index in [9.17, 15) is 9.59 Å². The smallest absolute Gasteiger partial charge is 0.336 e. The maximum Gasteiger partial charge on any atom is 0.336 e. The van der Waals surface area contributed by atoms with Crippen molar-refractivity contribution in [1.29, 1.82) is 0 Å². The molecule has 6 heteroatoms. The number of carbonyl (C=O) groups excluding carboxylic acids is 1. The zero-order valence-electron chi connectivity index (χ0n) is 15.6. The van der Waals surface area contributed by atoms with Gasteiger partial charge in [0.1, 0.15) is 23.7 Å². The quantitative estimate of drug-likeness (QED) is 0.351. The minimum absolute atomic E-state index is 0.0408. The first-order valence-corrected chi connectivity index (χ1v) is 8.77. The summed E-state index contributed by atoms with van der Waals surface area (Å²) in [6, 6.07) is 13.8. The van der Waals surface area contributed by atoms with Crippen molar-refractivity contribution in [3.05, 3.63) is 76.2 Å². The Bertz CT molecular complexity index is 1050. The zero-order valence-corrected chi connectivity index (χ0v) is 15.6. The van der Waals surface area contributed by atoms with Gasteiger partial charge in [0.25, 0.3) is 0 Å². The summed E-state index contributed by atoms with van der Waals surface area (Å²) >= 11 is 0. The molecule has 144 valence electrons. The van der Waals surface area contributed by atoms with Crippen LogP contribution < -0.4 is 15.1 Å². The van der Waals surface area contributed by atoms with Gasteiger partial charge in [0.05, 0.1) is 13.7 Å². The second-order valence-corrected chi connectivity index (χ2v) is 5.90. The fourth-order valence-electron chi connectivity index (χ4n) is 2.66. The number of hydrogen-bond donors (Lipinski definition) is 0. The van der Waals surface area contributed by atoms with E-state index < -0.39 is 11.6 Å². The van der Waals surface area contributed by atoms with Gasteiger partial charge in [-0.25, -0.2) is 9.59 Å². The minimum atomic E-state index is -0.517. The number of benzene rings is 2. The Morgan fingerprint density at radius 1 is 1.07 bits per heavy atom. The monoisotopic (exact) mass is 380 g/mol. The van der Waals surface area contributed by atoms with Gasteiger partial charge in [-0.1, -0.05) is 12.1 Å². The number of fused-ring (bicyclic) bond motifs is 1. The van der Waals surface area contributed by atoms with Crippen LogP contribution in [0.15, 0.2) is 63.8 Å². The first kappa shape index (κ1) is 19.2. The Morgan fingerprint density at radius 2 is 1.82 bits per heavy atom. The van der Waals surface area contributed by atoms with Gasteiger partial charge in [0.15, 0.2) is 0 Å². The zero-order chi connectivity index (χ0) is 19.9. The molecule has 0 aliphatic rings. The van der Waals surface area contributed by atoms with Gasteiger partial charge in [-0.15, -0.1) is 0 Å². The highest BCUT2D eigenvalue weighted by Gasteiger charge is 2.09. The van der Waals surface area contributed by atoms with Crippen molar-refractivity contribution in [1.82, 2.24) is 0 Å². The Balaban J connectivity index is 1.68. The number of methoxy groups -OCH3 is 1. The highest BCUT2D eigenvalue weighted by molar-refractivity contribution is 5.87. The molecule has 0 radical (unpaired) electrons. The molecule has 1 heterocycles. The molecule has 28 heavy (non-hydrogen) atoms. The number of hydrogen-bond acceptors (Lipinski definition) is 6. The summed E-state index contributed by atoms with van der Waals surface area (Å²) in [5.74, 6) is 0.834. The molecule has 0 aliphatic carbocycles. The summed E-state index contributed by atoms with van der Waals surface area (Å²) in [6.07, 6.45) is 2.99. The second-order valence-electron chi connectivity index (χ2n) is 5.90. The van der Waals surface area contributed by atoms with Crippen molar-refractivity contribution in [2.45, 2.75) is 13.5 Å². The molecule has 0 bridgehead atoms.